The van der Waals surface area contributed by atoms with Gasteiger partial charge in [-0.25, -0.2) is 0 Å². The van der Waals surface area contributed by atoms with E-state index in [2.05, 4.69) is 5.32 Å². The Morgan fingerprint density at radius 1 is 1.17 bits per heavy atom. The number of hydrogen-bond acceptors (Lipinski definition) is 4. The molecule has 0 fully saturated rings. The number of likely N-dealkylation sites (N-methyl/N-ethyl adjacent to an activating group) is 1. The lowest BCUT2D eigenvalue weighted by Crippen LogP contribution is -2.42. The molecule has 0 rings (SSSR count). The Labute approximate surface area is 111 Å². The van der Waals surface area contributed by atoms with E-state index in [4.69, 9.17) is 4.74 Å². The first-order valence-electron chi connectivity index (χ1n) is 6.26. The van der Waals surface area contributed by atoms with Crippen molar-refractivity contribution in [3.8, 4) is 0 Å². The van der Waals surface area contributed by atoms with Crippen molar-refractivity contribution in [2.45, 2.75) is 26.4 Å². The lowest BCUT2D eigenvalue weighted by atomic mass is 10.4. The number of hydrogen-bond donors (Lipinski definition) is 1. The van der Waals surface area contributed by atoms with Gasteiger partial charge in [-0.1, -0.05) is 0 Å². The summed E-state index contributed by atoms with van der Waals surface area (Å²) in [5.41, 5.74) is 0. The number of ether oxygens (including phenoxy) is 1. The second kappa shape index (κ2) is 8.82. The van der Waals surface area contributed by atoms with Crippen LogP contribution in [0.5, 0.6) is 0 Å². The van der Waals surface area contributed by atoms with Crippen LogP contribution in [0.1, 0.15) is 20.3 Å². The Hall–Kier alpha value is -0.210. The molecule has 0 heterocycles. The highest BCUT2D eigenvalue weighted by Crippen LogP contribution is 2.04. The summed E-state index contributed by atoms with van der Waals surface area (Å²) in [6.45, 7) is 5.96. The molecule has 0 aliphatic carbocycles. The van der Waals surface area contributed by atoms with Gasteiger partial charge in [0.25, 0.3) is 10.2 Å². The zero-order chi connectivity index (χ0) is 14.2. The normalized spacial score (nSPS) is 12.9. The van der Waals surface area contributed by atoms with Crippen molar-refractivity contribution >= 4 is 10.2 Å². The van der Waals surface area contributed by atoms with Crippen molar-refractivity contribution in [1.82, 2.24) is 13.9 Å². The molecule has 0 amide bonds. The summed E-state index contributed by atoms with van der Waals surface area (Å²) in [5.74, 6) is 0. The smallest absolute Gasteiger partial charge is 0.281 e. The van der Waals surface area contributed by atoms with Gasteiger partial charge in [-0.2, -0.15) is 17.0 Å². The number of nitrogens with one attached hydrogen (secondary N) is 1. The monoisotopic (exact) mass is 281 g/mol. The molecule has 0 aliphatic rings. The molecule has 0 aromatic rings. The second-order valence-corrected chi connectivity index (χ2v) is 6.67. The number of nitrogens with zero attached hydrogens (tertiary/aromatic N) is 2. The summed E-state index contributed by atoms with van der Waals surface area (Å²) in [6.07, 6.45) is 0.914. The minimum Gasteiger partial charge on any atom is -0.377 e. The van der Waals surface area contributed by atoms with E-state index in [1.807, 2.05) is 20.9 Å². The van der Waals surface area contributed by atoms with E-state index < -0.39 is 10.2 Å². The summed E-state index contributed by atoms with van der Waals surface area (Å²) in [5, 5.41) is 3.00. The highest BCUT2D eigenvalue weighted by Gasteiger charge is 2.22. The highest BCUT2D eigenvalue weighted by molar-refractivity contribution is 7.86. The average Bonchev–Trinajstić information content (AvgIpc) is 2.28. The van der Waals surface area contributed by atoms with Gasteiger partial charge in [0.15, 0.2) is 0 Å². The largest absolute Gasteiger partial charge is 0.377 e. The van der Waals surface area contributed by atoms with Gasteiger partial charge in [0.2, 0.25) is 0 Å². The standard InChI is InChI=1S/C11H27N3O3S/c1-11(2)17-10-9-14(5)18(15,16)13(4)8-6-7-12-3/h11-12H,6-10H2,1-5H3. The molecule has 0 saturated heterocycles. The van der Waals surface area contributed by atoms with Crippen LogP contribution in [0.15, 0.2) is 0 Å². The average molecular weight is 281 g/mol. The lowest BCUT2D eigenvalue weighted by Gasteiger charge is -2.24. The van der Waals surface area contributed by atoms with E-state index in [-0.39, 0.29) is 6.10 Å². The Morgan fingerprint density at radius 3 is 2.22 bits per heavy atom. The highest BCUT2D eigenvalue weighted by atomic mass is 32.2. The van der Waals surface area contributed by atoms with Crippen LogP contribution in [-0.4, -0.2) is 70.5 Å². The predicted octanol–water partition coefficient (Wildman–Crippen LogP) is 0.129. The first kappa shape index (κ1) is 17.8. The van der Waals surface area contributed by atoms with E-state index in [1.165, 1.54) is 8.61 Å². The molecule has 18 heavy (non-hydrogen) atoms. The third kappa shape index (κ3) is 6.65. The van der Waals surface area contributed by atoms with Gasteiger partial charge < -0.3 is 10.1 Å². The molecule has 110 valence electrons. The van der Waals surface area contributed by atoms with Gasteiger partial charge in [-0.05, 0) is 33.9 Å². The molecular formula is C11H27N3O3S. The van der Waals surface area contributed by atoms with E-state index in [1.54, 1.807) is 14.1 Å². The van der Waals surface area contributed by atoms with Gasteiger partial charge in [-0.15, -0.1) is 0 Å². The van der Waals surface area contributed by atoms with Crippen molar-refractivity contribution in [2.24, 2.45) is 0 Å². The molecule has 1 N–H and O–H groups in total. The summed E-state index contributed by atoms with van der Waals surface area (Å²) >= 11 is 0. The summed E-state index contributed by atoms with van der Waals surface area (Å²) < 4.78 is 32.2. The topological polar surface area (TPSA) is 61.9 Å². The molecule has 0 bridgehead atoms. The molecule has 0 aliphatic heterocycles. The number of rotatable bonds is 10. The molecule has 0 radical (unpaired) electrons. The van der Waals surface area contributed by atoms with Crippen molar-refractivity contribution in [1.29, 1.82) is 0 Å². The van der Waals surface area contributed by atoms with Gasteiger partial charge in [0.05, 0.1) is 12.7 Å². The van der Waals surface area contributed by atoms with Crippen LogP contribution in [0.25, 0.3) is 0 Å². The Kier molecular flexibility index (Phi) is 8.71. The van der Waals surface area contributed by atoms with Crippen molar-refractivity contribution in [3.05, 3.63) is 0 Å². The molecule has 0 spiro atoms. The molecule has 0 unspecified atom stereocenters. The molecule has 0 atom stereocenters. The molecule has 0 saturated carbocycles. The summed E-state index contributed by atoms with van der Waals surface area (Å²) in [7, 11) is 1.67. The van der Waals surface area contributed by atoms with Gasteiger partial charge >= 0.3 is 0 Å². The lowest BCUT2D eigenvalue weighted by molar-refractivity contribution is 0.0731. The zero-order valence-electron chi connectivity index (χ0n) is 12.1. The van der Waals surface area contributed by atoms with E-state index in [0.717, 1.165) is 13.0 Å². The Bertz CT molecular complexity index is 307. The SMILES string of the molecule is CNCCCN(C)S(=O)(=O)N(C)CCOC(C)C. The third-order valence-corrected chi connectivity index (χ3v) is 4.49. The first-order valence-corrected chi connectivity index (χ1v) is 7.65. The molecule has 0 aromatic carbocycles. The van der Waals surface area contributed by atoms with Crippen LogP contribution in [0.2, 0.25) is 0 Å². The maximum atomic E-state index is 12.1. The fourth-order valence-corrected chi connectivity index (χ4v) is 2.51. The predicted molar refractivity (Wildman–Crippen MR) is 73.8 cm³/mol. The van der Waals surface area contributed by atoms with Crippen LogP contribution in [0, 0.1) is 0 Å². The molecule has 7 heteroatoms. The second-order valence-electron chi connectivity index (χ2n) is 4.53. The van der Waals surface area contributed by atoms with Crippen LogP contribution < -0.4 is 5.32 Å². The molecule has 0 aromatic heterocycles. The van der Waals surface area contributed by atoms with Gasteiger partial charge in [0.1, 0.15) is 0 Å². The van der Waals surface area contributed by atoms with Crippen molar-refractivity contribution in [2.75, 3.05) is 47.4 Å². The summed E-state index contributed by atoms with van der Waals surface area (Å²) in [4.78, 5) is 0. The maximum absolute atomic E-state index is 12.1. The van der Waals surface area contributed by atoms with Crippen LogP contribution in [-0.2, 0) is 14.9 Å². The minimum absolute atomic E-state index is 0.120. The quantitative estimate of drug-likeness (QED) is 0.578. The first-order chi connectivity index (χ1) is 8.32. The Balaban J connectivity index is 4.16. The minimum atomic E-state index is -3.36. The van der Waals surface area contributed by atoms with Crippen LogP contribution in [0.3, 0.4) is 0 Å². The maximum Gasteiger partial charge on any atom is 0.281 e. The van der Waals surface area contributed by atoms with Crippen LogP contribution in [0.4, 0.5) is 0 Å². The summed E-state index contributed by atoms with van der Waals surface area (Å²) in [6, 6.07) is 0. The Morgan fingerprint density at radius 2 is 1.72 bits per heavy atom. The van der Waals surface area contributed by atoms with Gasteiger partial charge in [0, 0.05) is 27.2 Å². The van der Waals surface area contributed by atoms with E-state index in [9.17, 15) is 8.42 Å². The zero-order valence-corrected chi connectivity index (χ0v) is 13.0. The van der Waals surface area contributed by atoms with E-state index in [0.29, 0.717) is 19.7 Å². The van der Waals surface area contributed by atoms with Crippen molar-refractivity contribution < 1.29 is 13.2 Å². The fourth-order valence-electron chi connectivity index (χ4n) is 1.36. The van der Waals surface area contributed by atoms with Gasteiger partial charge in [-0.3, -0.25) is 0 Å². The van der Waals surface area contributed by atoms with Crippen molar-refractivity contribution in [3.63, 3.8) is 0 Å². The molecular weight excluding hydrogens is 254 g/mol. The molecule has 6 nitrogen and oxygen atoms in total. The van der Waals surface area contributed by atoms with Crippen LogP contribution >= 0.6 is 0 Å². The fraction of sp³-hybridized carbons (Fsp3) is 1.00. The third-order valence-electron chi connectivity index (χ3n) is 2.54. The van der Waals surface area contributed by atoms with E-state index >= 15 is 0 Å².